The smallest absolute Gasteiger partial charge is 0.191 e. The molecule has 1 aromatic heterocycles. The van der Waals surface area contributed by atoms with Crippen LogP contribution < -0.4 is 5.73 Å². The zero-order valence-corrected chi connectivity index (χ0v) is 8.90. The lowest BCUT2D eigenvalue weighted by atomic mass is 10.3. The second-order valence-corrected chi connectivity index (χ2v) is 3.57. The molecule has 1 rings (SSSR count). The summed E-state index contributed by atoms with van der Waals surface area (Å²) in [4.78, 5) is 6.14. The zero-order chi connectivity index (χ0) is 10.6. The summed E-state index contributed by atoms with van der Waals surface area (Å²) in [6, 6.07) is 2.14. The van der Waals surface area contributed by atoms with Gasteiger partial charge in [0.2, 0.25) is 0 Å². The van der Waals surface area contributed by atoms with Crippen LogP contribution in [-0.4, -0.2) is 23.9 Å². The molecule has 4 heteroatoms. The molecule has 0 aliphatic carbocycles. The van der Waals surface area contributed by atoms with Crippen LogP contribution in [0.1, 0.15) is 19.4 Å². The molecule has 0 saturated carbocycles. The molecular weight excluding hydrogens is 178 g/mol. The molecule has 0 bridgehead atoms. The number of hydrogen-bond donors (Lipinski definition) is 1. The number of rotatable bonds is 3. The maximum absolute atomic E-state index is 5.78. The van der Waals surface area contributed by atoms with Gasteiger partial charge in [-0.25, -0.2) is 0 Å². The molecule has 14 heavy (non-hydrogen) atoms. The Kier molecular flexibility index (Phi) is 3.56. The van der Waals surface area contributed by atoms with Crippen molar-refractivity contribution in [3.8, 4) is 0 Å². The highest BCUT2D eigenvalue weighted by atomic mass is 16.3. The summed E-state index contributed by atoms with van der Waals surface area (Å²) in [6.45, 7) is 4.72. The van der Waals surface area contributed by atoms with Crippen LogP contribution in [0.2, 0.25) is 0 Å². The van der Waals surface area contributed by atoms with Crippen molar-refractivity contribution >= 4 is 5.96 Å². The SMILES string of the molecule is CC(C)N=C(N)N(C)Cc1ccoc1. The third kappa shape index (κ3) is 3.12. The largest absolute Gasteiger partial charge is 0.472 e. The van der Waals surface area contributed by atoms with E-state index in [4.69, 9.17) is 10.2 Å². The zero-order valence-electron chi connectivity index (χ0n) is 8.90. The van der Waals surface area contributed by atoms with Gasteiger partial charge in [0, 0.05) is 25.2 Å². The van der Waals surface area contributed by atoms with E-state index in [2.05, 4.69) is 4.99 Å². The number of aliphatic imine (C=N–C) groups is 1. The first-order chi connectivity index (χ1) is 6.59. The van der Waals surface area contributed by atoms with Crippen molar-refractivity contribution in [3.05, 3.63) is 24.2 Å². The van der Waals surface area contributed by atoms with Gasteiger partial charge in [0.1, 0.15) is 0 Å². The number of hydrogen-bond acceptors (Lipinski definition) is 2. The van der Waals surface area contributed by atoms with E-state index in [1.54, 1.807) is 12.5 Å². The summed E-state index contributed by atoms with van der Waals surface area (Å²) in [6.07, 6.45) is 3.36. The number of nitrogens with two attached hydrogens (primary N) is 1. The van der Waals surface area contributed by atoms with Gasteiger partial charge >= 0.3 is 0 Å². The molecule has 0 aliphatic heterocycles. The van der Waals surface area contributed by atoms with Crippen LogP contribution in [0.5, 0.6) is 0 Å². The van der Waals surface area contributed by atoms with Crippen LogP contribution in [0.3, 0.4) is 0 Å². The van der Waals surface area contributed by atoms with E-state index in [0.29, 0.717) is 5.96 Å². The van der Waals surface area contributed by atoms with Gasteiger partial charge in [0.25, 0.3) is 0 Å². The number of guanidine groups is 1. The predicted octanol–water partition coefficient (Wildman–Crippen LogP) is 1.43. The van der Waals surface area contributed by atoms with Crippen LogP contribution in [0.25, 0.3) is 0 Å². The average molecular weight is 195 g/mol. The van der Waals surface area contributed by atoms with Gasteiger partial charge in [-0.1, -0.05) is 0 Å². The summed E-state index contributed by atoms with van der Waals surface area (Å²) in [5.41, 5.74) is 6.87. The summed E-state index contributed by atoms with van der Waals surface area (Å²) in [7, 11) is 1.91. The molecular formula is C10H17N3O. The monoisotopic (exact) mass is 195 g/mol. The van der Waals surface area contributed by atoms with Crippen molar-refractivity contribution in [2.45, 2.75) is 26.4 Å². The highest BCUT2D eigenvalue weighted by Crippen LogP contribution is 2.03. The predicted molar refractivity (Wildman–Crippen MR) is 56.9 cm³/mol. The molecule has 78 valence electrons. The summed E-state index contributed by atoms with van der Waals surface area (Å²) < 4.78 is 4.97. The van der Waals surface area contributed by atoms with E-state index in [1.165, 1.54) is 0 Å². The fourth-order valence-electron chi connectivity index (χ4n) is 1.10. The van der Waals surface area contributed by atoms with Crippen LogP contribution in [0, 0.1) is 0 Å². The minimum Gasteiger partial charge on any atom is -0.472 e. The van der Waals surface area contributed by atoms with Crippen LogP contribution in [0.15, 0.2) is 28.0 Å². The van der Waals surface area contributed by atoms with Crippen molar-refractivity contribution < 1.29 is 4.42 Å². The Morgan fingerprint density at radius 2 is 2.36 bits per heavy atom. The Hall–Kier alpha value is -1.45. The lowest BCUT2D eigenvalue weighted by molar-refractivity contribution is 0.482. The second kappa shape index (κ2) is 4.69. The summed E-state index contributed by atoms with van der Waals surface area (Å²) in [5, 5.41) is 0. The van der Waals surface area contributed by atoms with Crippen molar-refractivity contribution in [2.75, 3.05) is 7.05 Å². The molecule has 0 aromatic carbocycles. The molecule has 0 fully saturated rings. The van der Waals surface area contributed by atoms with Crippen LogP contribution in [-0.2, 0) is 6.54 Å². The van der Waals surface area contributed by atoms with Gasteiger partial charge in [-0.05, 0) is 19.9 Å². The third-order valence-electron chi connectivity index (χ3n) is 1.78. The number of nitrogens with zero attached hydrogens (tertiary/aromatic N) is 2. The molecule has 0 unspecified atom stereocenters. The molecule has 0 atom stereocenters. The Morgan fingerprint density at radius 1 is 1.64 bits per heavy atom. The van der Waals surface area contributed by atoms with E-state index in [-0.39, 0.29) is 6.04 Å². The first kappa shape index (κ1) is 10.6. The fraction of sp³-hybridized carbons (Fsp3) is 0.500. The van der Waals surface area contributed by atoms with Gasteiger partial charge in [-0.15, -0.1) is 0 Å². The van der Waals surface area contributed by atoms with E-state index < -0.39 is 0 Å². The van der Waals surface area contributed by atoms with Crippen LogP contribution >= 0.6 is 0 Å². The first-order valence-electron chi connectivity index (χ1n) is 4.65. The molecule has 0 saturated heterocycles. The minimum atomic E-state index is 0.224. The maximum atomic E-state index is 5.78. The highest BCUT2D eigenvalue weighted by Gasteiger charge is 2.04. The van der Waals surface area contributed by atoms with Crippen molar-refractivity contribution in [3.63, 3.8) is 0 Å². The number of furan rings is 1. The quantitative estimate of drug-likeness (QED) is 0.586. The van der Waals surface area contributed by atoms with E-state index in [0.717, 1.165) is 12.1 Å². The van der Waals surface area contributed by atoms with E-state index in [9.17, 15) is 0 Å². The van der Waals surface area contributed by atoms with Gasteiger partial charge in [0.15, 0.2) is 5.96 Å². The lowest BCUT2D eigenvalue weighted by Gasteiger charge is -2.17. The van der Waals surface area contributed by atoms with Gasteiger partial charge in [0.05, 0.1) is 12.5 Å². The first-order valence-corrected chi connectivity index (χ1v) is 4.65. The Bertz CT molecular complexity index is 290. The third-order valence-corrected chi connectivity index (χ3v) is 1.78. The van der Waals surface area contributed by atoms with E-state index >= 15 is 0 Å². The molecule has 1 aromatic rings. The standard InChI is InChI=1S/C10H17N3O/c1-8(2)12-10(11)13(3)6-9-4-5-14-7-9/h4-5,7-8H,6H2,1-3H3,(H2,11,12). The highest BCUT2D eigenvalue weighted by molar-refractivity contribution is 5.77. The van der Waals surface area contributed by atoms with Crippen molar-refractivity contribution in [1.29, 1.82) is 0 Å². The normalized spacial score (nSPS) is 12.1. The van der Waals surface area contributed by atoms with E-state index in [1.807, 2.05) is 31.9 Å². The van der Waals surface area contributed by atoms with Crippen molar-refractivity contribution in [2.24, 2.45) is 10.7 Å². The fourth-order valence-corrected chi connectivity index (χ4v) is 1.10. The Balaban J connectivity index is 2.54. The Labute approximate surface area is 84.4 Å². The van der Waals surface area contributed by atoms with Crippen molar-refractivity contribution in [1.82, 2.24) is 4.90 Å². The average Bonchev–Trinajstić information content (AvgIpc) is 2.55. The molecule has 4 nitrogen and oxygen atoms in total. The topological polar surface area (TPSA) is 54.8 Å². The minimum absolute atomic E-state index is 0.224. The molecule has 0 radical (unpaired) electrons. The summed E-state index contributed by atoms with van der Waals surface area (Å²) >= 11 is 0. The van der Waals surface area contributed by atoms with Gasteiger partial charge < -0.3 is 15.1 Å². The molecule has 0 aliphatic rings. The maximum Gasteiger partial charge on any atom is 0.191 e. The Morgan fingerprint density at radius 3 is 2.86 bits per heavy atom. The summed E-state index contributed by atoms with van der Waals surface area (Å²) in [5.74, 6) is 0.557. The lowest BCUT2D eigenvalue weighted by Crippen LogP contribution is -2.34. The molecule has 2 N–H and O–H groups in total. The van der Waals surface area contributed by atoms with Crippen LogP contribution in [0.4, 0.5) is 0 Å². The molecule has 1 heterocycles. The van der Waals surface area contributed by atoms with Gasteiger partial charge in [-0.3, -0.25) is 4.99 Å². The molecule has 0 amide bonds. The molecule has 0 spiro atoms. The second-order valence-electron chi connectivity index (χ2n) is 3.57. The van der Waals surface area contributed by atoms with Gasteiger partial charge in [-0.2, -0.15) is 0 Å².